The molecular formula is C11H20ClNO4S2. The molecule has 0 unspecified atom stereocenters. The van der Waals surface area contributed by atoms with E-state index >= 15 is 0 Å². The number of nitrogens with zero attached hydrogens (tertiary/aromatic N) is 1. The summed E-state index contributed by atoms with van der Waals surface area (Å²) in [5, 5.41) is 1.95. The van der Waals surface area contributed by atoms with Crippen LogP contribution in [0, 0.1) is 0 Å². The number of rotatable bonds is 8. The fourth-order valence-corrected chi connectivity index (χ4v) is 2.63. The van der Waals surface area contributed by atoms with E-state index in [1.54, 1.807) is 11.3 Å². The number of halogens is 1. The normalized spacial score (nSPS) is 11.4. The predicted molar refractivity (Wildman–Crippen MR) is 79.9 cm³/mol. The lowest BCUT2D eigenvalue weighted by molar-refractivity contribution is 0.252. The number of thiophene rings is 1. The standard InChI is InChI=1S/C11H19NO4S2.ClH/c1-12(2)8-11-7-10(9-17-11)15-5-4-6-16-18(3,13)14;/h7,9H,4-6,8H2,1-3H3;1H. The second-order valence-electron chi connectivity index (χ2n) is 4.21. The van der Waals surface area contributed by atoms with Gasteiger partial charge in [-0.3, -0.25) is 4.18 Å². The Morgan fingerprint density at radius 2 is 2.00 bits per heavy atom. The Morgan fingerprint density at radius 1 is 1.32 bits per heavy atom. The van der Waals surface area contributed by atoms with Crippen LogP contribution < -0.4 is 4.74 Å². The Labute approximate surface area is 125 Å². The van der Waals surface area contributed by atoms with Crippen molar-refractivity contribution in [3.63, 3.8) is 0 Å². The van der Waals surface area contributed by atoms with Crippen molar-refractivity contribution in [2.75, 3.05) is 33.6 Å². The Hall–Kier alpha value is -0.340. The van der Waals surface area contributed by atoms with Gasteiger partial charge in [0.25, 0.3) is 10.1 Å². The van der Waals surface area contributed by atoms with E-state index < -0.39 is 10.1 Å². The highest BCUT2D eigenvalue weighted by Crippen LogP contribution is 2.22. The van der Waals surface area contributed by atoms with Gasteiger partial charge in [-0.25, -0.2) is 0 Å². The Bertz CT molecular complexity index is 459. The summed E-state index contributed by atoms with van der Waals surface area (Å²) in [6.07, 6.45) is 1.59. The average molecular weight is 330 g/mol. The molecular weight excluding hydrogens is 310 g/mol. The molecule has 0 aliphatic heterocycles. The Kier molecular flexibility index (Phi) is 8.60. The molecule has 0 saturated carbocycles. The van der Waals surface area contributed by atoms with E-state index in [2.05, 4.69) is 9.08 Å². The summed E-state index contributed by atoms with van der Waals surface area (Å²) in [6.45, 7) is 1.51. The highest BCUT2D eigenvalue weighted by molar-refractivity contribution is 7.85. The maximum Gasteiger partial charge on any atom is 0.264 e. The van der Waals surface area contributed by atoms with Crippen LogP contribution in [0.15, 0.2) is 11.4 Å². The van der Waals surface area contributed by atoms with Crippen molar-refractivity contribution in [3.05, 3.63) is 16.3 Å². The van der Waals surface area contributed by atoms with Crippen LogP contribution >= 0.6 is 23.7 Å². The molecule has 0 saturated heterocycles. The Morgan fingerprint density at radius 3 is 2.58 bits per heavy atom. The first-order valence-corrected chi connectivity index (χ1v) is 8.26. The maximum atomic E-state index is 10.7. The van der Waals surface area contributed by atoms with Gasteiger partial charge in [0.15, 0.2) is 0 Å². The molecule has 5 nitrogen and oxygen atoms in total. The van der Waals surface area contributed by atoms with Crippen molar-refractivity contribution in [1.29, 1.82) is 0 Å². The van der Waals surface area contributed by atoms with E-state index in [1.165, 1.54) is 4.88 Å². The molecule has 112 valence electrons. The quantitative estimate of drug-likeness (QED) is 0.539. The smallest absolute Gasteiger partial charge is 0.264 e. The van der Waals surface area contributed by atoms with Crippen LogP contribution in [0.25, 0.3) is 0 Å². The molecule has 0 N–H and O–H groups in total. The lowest BCUT2D eigenvalue weighted by Crippen LogP contribution is -2.09. The predicted octanol–water partition coefficient (Wildman–Crippen LogP) is 1.98. The second-order valence-corrected chi connectivity index (χ2v) is 6.85. The lowest BCUT2D eigenvalue weighted by atomic mass is 10.4. The summed E-state index contributed by atoms with van der Waals surface area (Å²) in [5.74, 6) is 0.830. The molecule has 0 fully saturated rings. The third-order valence-corrected chi connectivity index (χ3v) is 3.45. The average Bonchev–Trinajstić information content (AvgIpc) is 2.62. The van der Waals surface area contributed by atoms with Gasteiger partial charge < -0.3 is 9.64 Å². The van der Waals surface area contributed by atoms with Crippen molar-refractivity contribution in [2.24, 2.45) is 0 Å². The minimum absolute atomic E-state index is 0. The molecule has 8 heteroatoms. The van der Waals surface area contributed by atoms with Gasteiger partial charge in [0.2, 0.25) is 0 Å². The van der Waals surface area contributed by atoms with Crippen molar-refractivity contribution < 1.29 is 17.3 Å². The van der Waals surface area contributed by atoms with Crippen LogP contribution in [0.1, 0.15) is 11.3 Å². The van der Waals surface area contributed by atoms with Crippen LogP contribution in [-0.2, 0) is 20.8 Å². The van der Waals surface area contributed by atoms with E-state index in [0.29, 0.717) is 13.0 Å². The Balaban J connectivity index is 0.00000324. The van der Waals surface area contributed by atoms with E-state index in [9.17, 15) is 8.42 Å². The largest absolute Gasteiger partial charge is 0.493 e. The molecule has 0 aliphatic carbocycles. The summed E-state index contributed by atoms with van der Waals surface area (Å²) >= 11 is 1.65. The summed E-state index contributed by atoms with van der Waals surface area (Å²) < 4.78 is 31.5. The minimum Gasteiger partial charge on any atom is -0.493 e. The molecule has 19 heavy (non-hydrogen) atoms. The number of hydrogen-bond donors (Lipinski definition) is 0. The topological polar surface area (TPSA) is 55.8 Å². The zero-order valence-corrected chi connectivity index (χ0v) is 13.7. The first-order valence-electron chi connectivity index (χ1n) is 5.56. The minimum atomic E-state index is -3.34. The summed E-state index contributed by atoms with van der Waals surface area (Å²) in [5.41, 5.74) is 0. The van der Waals surface area contributed by atoms with Crippen LogP contribution in [0.3, 0.4) is 0 Å². The van der Waals surface area contributed by atoms with E-state index in [-0.39, 0.29) is 19.0 Å². The van der Waals surface area contributed by atoms with E-state index in [0.717, 1.165) is 18.6 Å². The van der Waals surface area contributed by atoms with Crippen LogP contribution in [-0.4, -0.2) is 46.9 Å². The van der Waals surface area contributed by atoms with Gasteiger partial charge in [-0.2, -0.15) is 8.42 Å². The summed E-state index contributed by atoms with van der Waals surface area (Å²) in [4.78, 5) is 3.33. The molecule has 1 rings (SSSR count). The molecule has 0 spiro atoms. The molecule has 0 amide bonds. The van der Waals surface area contributed by atoms with Gasteiger partial charge in [-0.05, 0) is 20.2 Å². The first kappa shape index (κ1) is 18.7. The zero-order valence-electron chi connectivity index (χ0n) is 11.3. The fraction of sp³-hybridized carbons (Fsp3) is 0.636. The van der Waals surface area contributed by atoms with Crippen molar-refractivity contribution in [2.45, 2.75) is 13.0 Å². The second kappa shape index (κ2) is 8.76. The SMILES string of the molecule is CN(C)Cc1cc(OCCCOS(C)(=O)=O)cs1.Cl. The monoisotopic (exact) mass is 329 g/mol. The van der Waals surface area contributed by atoms with Crippen molar-refractivity contribution >= 4 is 33.9 Å². The van der Waals surface area contributed by atoms with Crippen molar-refractivity contribution in [3.8, 4) is 5.75 Å². The number of hydrogen-bond acceptors (Lipinski definition) is 6. The number of ether oxygens (including phenoxy) is 1. The van der Waals surface area contributed by atoms with Gasteiger partial charge in [0.05, 0.1) is 19.5 Å². The van der Waals surface area contributed by atoms with E-state index in [1.807, 2.05) is 25.5 Å². The highest BCUT2D eigenvalue weighted by atomic mass is 35.5. The molecule has 1 aromatic heterocycles. The zero-order chi connectivity index (χ0) is 13.6. The molecule has 0 aliphatic rings. The first-order chi connectivity index (χ1) is 8.37. The van der Waals surface area contributed by atoms with Gasteiger partial charge in [-0.15, -0.1) is 23.7 Å². The van der Waals surface area contributed by atoms with Crippen LogP contribution in [0.4, 0.5) is 0 Å². The van der Waals surface area contributed by atoms with Gasteiger partial charge in [-0.1, -0.05) is 0 Å². The van der Waals surface area contributed by atoms with Crippen LogP contribution in [0.5, 0.6) is 5.75 Å². The third kappa shape index (κ3) is 9.23. The fourth-order valence-electron chi connectivity index (χ4n) is 1.29. The highest BCUT2D eigenvalue weighted by Gasteiger charge is 2.03. The molecule has 1 heterocycles. The molecule has 0 bridgehead atoms. The van der Waals surface area contributed by atoms with Gasteiger partial charge in [0.1, 0.15) is 5.75 Å². The molecule has 1 aromatic rings. The molecule has 0 atom stereocenters. The molecule has 0 radical (unpaired) electrons. The lowest BCUT2D eigenvalue weighted by Gasteiger charge is -2.06. The van der Waals surface area contributed by atoms with E-state index in [4.69, 9.17) is 4.74 Å². The van der Waals surface area contributed by atoms with Gasteiger partial charge in [0, 0.05) is 23.2 Å². The maximum absolute atomic E-state index is 10.7. The summed E-state index contributed by atoms with van der Waals surface area (Å²) in [7, 11) is 0.696. The van der Waals surface area contributed by atoms with Crippen molar-refractivity contribution in [1.82, 2.24) is 4.90 Å². The van der Waals surface area contributed by atoms with Crippen LogP contribution in [0.2, 0.25) is 0 Å². The van der Waals surface area contributed by atoms with Gasteiger partial charge >= 0.3 is 0 Å². The third-order valence-electron chi connectivity index (χ3n) is 1.96. The molecule has 0 aromatic carbocycles. The summed E-state index contributed by atoms with van der Waals surface area (Å²) in [6, 6.07) is 2.00.